The Kier molecular flexibility index (Phi) is 5.99. The van der Waals surface area contributed by atoms with E-state index in [9.17, 15) is 25.5 Å². The van der Waals surface area contributed by atoms with Crippen molar-refractivity contribution in [1.29, 1.82) is 0 Å². The first-order chi connectivity index (χ1) is 16.7. The Hall–Kier alpha value is -4.32. The average Bonchev–Trinajstić information content (AvgIpc) is 3.10. The van der Waals surface area contributed by atoms with E-state index >= 15 is 0 Å². The lowest BCUT2D eigenvalue weighted by molar-refractivity contribution is 0.330. The van der Waals surface area contributed by atoms with Crippen molar-refractivity contribution in [2.75, 3.05) is 5.32 Å². The van der Waals surface area contributed by atoms with Gasteiger partial charge in [-0.05, 0) is 52.1 Å². The summed E-state index contributed by atoms with van der Waals surface area (Å²) >= 11 is 0. The fourth-order valence-electron chi connectivity index (χ4n) is 4.63. The second kappa shape index (κ2) is 8.80. The largest absolute Gasteiger partial charge is 0.504 e. The van der Waals surface area contributed by atoms with Crippen molar-refractivity contribution in [3.05, 3.63) is 77.9 Å². The summed E-state index contributed by atoms with van der Waals surface area (Å²) in [7, 11) is 0. The molecule has 5 rings (SSSR count). The van der Waals surface area contributed by atoms with Crippen LogP contribution in [0.4, 0.5) is 11.4 Å². The van der Waals surface area contributed by atoms with Crippen LogP contribution in [0.2, 0.25) is 0 Å². The standard InChI is InChI=1S/C27H23NO5.C2H6/c1-27(2)19-6-4-3-5-17(19)18-12-11-16(13-20(18)27)28-15-9-7-14(8-10-15)21-22(29)24(31)26(33)25(32)23(21)30;1-2/h3-13,28-33H,1-2H3;1-2H3. The lowest BCUT2D eigenvalue weighted by Crippen LogP contribution is -2.15. The molecule has 0 spiro atoms. The Morgan fingerprint density at radius 2 is 1.09 bits per heavy atom. The van der Waals surface area contributed by atoms with Gasteiger partial charge in [0, 0.05) is 16.8 Å². The number of phenolic OH excluding ortho intramolecular Hbond substituents is 5. The van der Waals surface area contributed by atoms with Crippen molar-refractivity contribution >= 4 is 11.4 Å². The molecule has 180 valence electrons. The normalized spacial score (nSPS) is 12.8. The summed E-state index contributed by atoms with van der Waals surface area (Å²) in [5.74, 6) is -4.21. The molecular weight excluding hydrogens is 442 g/mol. The minimum Gasteiger partial charge on any atom is -0.504 e. The smallest absolute Gasteiger partial charge is 0.208 e. The number of hydrogen-bond donors (Lipinski definition) is 6. The highest BCUT2D eigenvalue weighted by atomic mass is 16.4. The van der Waals surface area contributed by atoms with Crippen molar-refractivity contribution in [2.24, 2.45) is 0 Å². The van der Waals surface area contributed by atoms with Crippen molar-refractivity contribution in [3.63, 3.8) is 0 Å². The van der Waals surface area contributed by atoms with Crippen LogP contribution in [0.15, 0.2) is 66.7 Å². The van der Waals surface area contributed by atoms with Crippen LogP contribution in [0, 0.1) is 0 Å². The molecule has 0 unspecified atom stereocenters. The molecule has 0 saturated carbocycles. The lowest BCUT2D eigenvalue weighted by Gasteiger charge is -2.22. The molecule has 6 N–H and O–H groups in total. The van der Waals surface area contributed by atoms with Crippen LogP contribution in [0.25, 0.3) is 22.3 Å². The third kappa shape index (κ3) is 3.77. The minimum atomic E-state index is -0.978. The summed E-state index contributed by atoms with van der Waals surface area (Å²) in [6, 6.07) is 21.5. The van der Waals surface area contributed by atoms with Gasteiger partial charge in [0.25, 0.3) is 0 Å². The molecule has 0 saturated heterocycles. The molecular formula is C29H29NO5. The van der Waals surface area contributed by atoms with Crippen LogP contribution < -0.4 is 5.32 Å². The first-order valence-electron chi connectivity index (χ1n) is 11.5. The van der Waals surface area contributed by atoms with Crippen LogP contribution in [-0.2, 0) is 5.41 Å². The van der Waals surface area contributed by atoms with Gasteiger partial charge in [-0.15, -0.1) is 0 Å². The summed E-state index contributed by atoms with van der Waals surface area (Å²) in [6.45, 7) is 8.44. The molecule has 1 aliphatic carbocycles. The number of fused-ring (bicyclic) bond motifs is 3. The molecule has 0 heterocycles. The highest BCUT2D eigenvalue weighted by Gasteiger charge is 2.35. The van der Waals surface area contributed by atoms with Gasteiger partial charge in [0.1, 0.15) is 0 Å². The second-order valence-electron chi connectivity index (χ2n) is 8.75. The van der Waals surface area contributed by atoms with E-state index in [1.807, 2.05) is 19.9 Å². The zero-order chi connectivity index (χ0) is 25.5. The Balaban J connectivity index is 0.00000141. The van der Waals surface area contributed by atoms with Crippen LogP contribution in [0.3, 0.4) is 0 Å². The van der Waals surface area contributed by atoms with Crippen molar-refractivity contribution in [1.82, 2.24) is 0 Å². The van der Waals surface area contributed by atoms with Crippen LogP contribution in [0.1, 0.15) is 38.8 Å². The van der Waals surface area contributed by atoms with E-state index in [1.54, 1.807) is 24.3 Å². The van der Waals surface area contributed by atoms with E-state index in [1.165, 1.54) is 22.3 Å². The first kappa shape index (κ1) is 23.8. The Labute approximate surface area is 204 Å². The molecule has 6 heteroatoms. The topological polar surface area (TPSA) is 113 Å². The van der Waals surface area contributed by atoms with Crippen molar-refractivity contribution in [2.45, 2.75) is 33.1 Å². The van der Waals surface area contributed by atoms with Gasteiger partial charge in [-0.25, -0.2) is 0 Å². The number of rotatable bonds is 3. The predicted molar refractivity (Wildman–Crippen MR) is 139 cm³/mol. The maximum Gasteiger partial charge on any atom is 0.208 e. The van der Waals surface area contributed by atoms with E-state index in [0.29, 0.717) is 5.56 Å². The van der Waals surface area contributed by atoms with Crippen molar-refractivity contribution in [3.8, 4) is 51.0 Å². The van der Waals surface area contributed by atoms with Crippen LogP contribution in [-0.4, -0.2) is 25.5 Å². The number of nitrogens with one attached hydrogen (secondary N) is 1. The molecule has 0 amide bonds. The summed E-state index contributed by atoms with van der Waals surface area (Å²) in [5.41, 5.74) is 6.81. The second-order valence-corrected chi connectivity index (χ2v) is 8.75. The van der Waals surface area contributed by atoms with Crippen LogP contribution in [0.5, 0.6) is 28.7 Å². The van der Waals surface area contributed by atoms with Gasteiger partial charge in [0.05, 0.1) is 5.56 Å². The van der Waals surface area contributed by atoms with Gasteiger partial charge >= 0.3 is 0 Å². The molecule has 4 aromatic rings. The number of benzene rings is 4. The maximum atomic E-state index is 10.2. The highest BCUT2D eigenvalue weighted by Crippen LogP contribution is 2.55. The summed E-state index contributed by atoms with van der Waals surface area (Å²) < 4.78 is 0. The van der Waals surface area contributed by atoms with E-state index < -0.39 is 28.7 Å². The zero-order valence-electron chi connectivity index (χ0n) is 20.1. The molecule has 4 aromatic carbocycles. The van der Waals surface area contributed by atoms with Crippen molar-refractivity contribution < 1.29 is 25.5 Å². The first-order valence-corrected chi connectivity index (χ1v) is 11.5. The highest BCUT2D eigenvalue weighted by molar-refractivity contribution is 5.86. The van der Waals surface area contributed by atoms with E-state index in [4.69, 9.17) is 0 Å². The van der Waals surface area contributed by atoms with Gasteiger partial charge in [-0.3, -0.25) is 0 Å². The monoisotopic (exact) mass is 471 g/mol. The summed E-state index contributed by atoms with van der Waals surface area (Å²) in [4.78, 5) is 0. The fourth-order valence-corrected chi connectivity index (χ4v) is 4.63. The third-order valence-corrected chi connectivity index (χ3v) is 6.42. The molecule has 0 fully saturated rings. The number of anilines is 2. The zero-order valence-corrected chi connectivity index (χ0v) is 20.1. The molecule has 0 radical (unpaired) electrons. The van der Waals surface area contributed by atoms with Crippen LogP contribution >= 0.6 is 0 Å². The quantitative estimate of drug-likeness (QED) is 0.142. The SMILES string of the molecule is CC.CC1(C)c2ccccc2-c2ccc(Nc3ccc(-c4c(O)c(O)c(O)c(O)c4O)cc3)cc21. The van der Waals surface area contributed by atoms with E-state index in [-0.39, 0.29) is 11.0 Å². The molecule has 0 bridgehead atoms. The summed E-state index contributed by atoms with van der Waals surface area (Å²) in [5, 5.41) is 52.9. The van der Waals surface area contributed by atoms with Gasteiger partial charge in [0.15, 0.2) is 11.5 Å². The fraction of sp³-hybridized carbons (Fsp3) is 0.172. The Morgan fingerprint density at radius 1 is 0.571 bits per heavy atom. The third-order valence-electron chi connectivity index (χ3n) is 6.42. The number of phenols is 5. The molecule has 0 aliphatic heterocycles. The average molecular weight is 472 g/mol. The van der Waals surface area contributed by atoms with Gasteiger partial charge in [-0.2, -0.15) is 0 Å². The molecule has 0 aromatic heterocycles. The molecule has 6 nitrogen and oxygen atoms in total. The Bertz CT molecular complexity index is 1380. The predicted octanol–water partition coefficient (Wildman–Crippen LogP) is 6.96. The number of aromatic hydroxyl groups is 5. The summed E-state index contributed by atoms with van der Waals surface area (Å²) in [6.07, 6.45) is 0. The Morgan fingerprint density at radius 3 is 1.71 bits per heavy atom. The van der Waals surface area contributed by atoms with E-state index in [0.717, 1.165) is 11.4 Å². The van der Waals surface area contributed by atoms with Gasteiger partial charge in [0.2, 0.25) is 17.2 Å². The maximum absolute atomic E-state index is 10.2. The molecule has 35 heavy (non-hydrogen) atoms. The van der Waals surface area contributed by atoms with E-state index in [2.05, 4.69) is 55.6 Å². The lowest BCUT2D eigenvalue weighted by atomic mass is 9.82. The van der Waals surface area contributed by atoms with Gasteiger partial charge < -0.3 is 30.8 Å². The number of hydrogen-bond acceptors (Lipinski definition) is 6. The van der Waals surface area contributed by atoms with Gasteiger partial charge in [-0.1, -0.05) is 70.2 Å². The minimum absolute atomic E-state index is 0.106. The molecule has 1 aliphatic rings. The molecule has 0 atom stereocenters.